The fourth-order valence-electron chi connectivity index (χ4n) is 4.18. The third kappa shape index (κ3) is 3.45. The quantitative estimate of drug-likeness (QED) is 0.461. The average Bonchev–Trinajstić information content (AvgIpc) is 3.38. The molecule has 5 heteroatoms. The van der Waals surface area contributed by atoms with Crippen molar-refractivity contribution in [3.63, 3.8) is 0 Å². The predicted molar refractivity (Wildman–Crippen MR) is 118 cm³/mol. The molecule has 29 heavy (non-hydrogen) atoms. The number of aromatic amines is 1. The predicted octanol–water partition coefficient (Wildman–Crippen LogP) is 4.40. The molecule has 0 radical (unpaired) electrons. The minimum atomic E-state index is -0.0339. The summed E-state index contributed by atoms with van der Waals surface area (Å²) >= 11 is 0. The second kappa shape index (κ2) is 7.60. The first-order valence-electron chi connectivity index (χ1n) is 10.1. The number of nitrogens with one attached hydrogen (secondary N) is 2. The van der Waals surface area contributed by atoms with E-state index in [1.165, 1.54) is 27.7 Å². The molecule has 0 aliphatic carbocycles. The molecule has 0 spiro atoms. The summed E-state index contributed by atoms with van der Waals surface area (Å²) < 4.78 is 0. The van der Waals surface area contributed by atoms with Crippen LogP contribution >= 0.6 is 0 Å². The van der Waals surface area contributed by atoms with Crippen LogP contribution in [0.2, 0.25) is 0 Å². The molecule has 0 saturated carbocycles. The highest BCUT2D eigenvalue weighted by Crippen LogP contribution is 2.36. The monoisotopic (exact) mass is 384 g/mol. The van der Waals surface area contributed by atoms with Gasteiger partial charge in [-0.2, -0.15) is 0 Å². The largest absolute Gasteiger partial charge is 0.390 e. The van der Waals surface area contributed by atoms with E-state index in [9.17, 15) is 5.11 Å². The Morgan fingerprint density at radius 3 is 2.97 bits per heavy atom. The number of pyridine rings is 1. The Morgan fingerprint density at radius 2 is 2.03 bits per heavy atom. The van der Waals surface area contributed by atoms with Crippen molar-refractivity contribution in [3.05, 3.63) is 83.8 Å². The van der Waals surface area contributed by atoms with Gasteiger partial charge >= 0.3 is 0 Å². The van der Waals surface area contributed by atoms with Crippen molar-refractivity contribution in [1.82, 2.24) is 9.97 Å². The van der Waals surface area contributed by atoms with E-state index in [1.54, 1.807) is 6.20 Å². The molecular formula is C24H24N4O. The zero-order valence-electron chi connectivity index (χ0n) is 16.2. The van der Waals surface area contributed by atoms with E-state index in [1.807, 2.05) is 12.1 Å². The van der Waals surface area contributed by atoms with Gasteiger partial charge in [-0.05, 0) is 60.4 Å². The van der Waals surface area contributed by atoms with Crippen LogP contribution in [0.5, 0.6) is 0 Å². The van der Waals surface area contributed by atoms with Gasteiger partial charge in [-0.25, -0.2) is 0 Å². The van der Waals surface area contributed by atoms with E-state index < -0.39 is 0 Å². The van der Waals surface area contributed by atoms with Gasteiger partial charge in [-0.1, -0.05) is 18.2 Å². The molecule has 146 valence electrons. The number of hydrogen-bond acceptors (Lipinski definition) is 4. The van der Waals surface area contributed by atoms with Crippen molar-refractivity contribution in [2.75, 3.05) is 23.3 Å². The maximum atomic E-state index is 9.35. The summed E-state index contributed by atoms with van der Waals surface area (Å²) in [4.78, 5) is 9.83. The highest BCUT2D eigenvalue weighted by molar-refractivity contribution is 5.83. The van der Waals surface area contributed by atoms with Crippen LogP contribution in [0.25, 0.3) is 10.9 Å². The highest BCUT2D eigenvalue weighted by atomic mass is 16.3. The molecule has 4 aromatic rings. The van der Waals surface area contributed by atoms with Gasteiger partial charge in [0, 0.05) is 53.4 Å². The van der Waals surface area contributed by atoms with E-state index in [-0.39, 0.29) is 6.61 Å². The molecule has 1 aliphatic heterocycles. The second-order valence-corrected chi connectivity index (χ2v) is 7.44. The molecule has 2 aromatic heterocycles. The maximum absolute atomic E-state index is 9.35. The van der Waals surface area contributed by atoms with Crippen molar-refractivity contribution >= 4 is 28.0 Å². The minimum absolute atomic E-state index is 0.0339. The van der Waals surface area contributed by atoms with E-state index in [2.05, 4.69) is 68.8 Å². The molecule has 0 saturated heterocycles. The van der Waals surface area contributed by atoms with E-state index in [0.29, 0.717) is 5.69 Å². The Bertz CT molecular complexity index is 1150. The second-order valence-electron chi connectivity index (χ2n) is 7.44. The van der Waals surface area contributed by atoms with Crippen LogP contribution in [-0.4, -0.2) is 28.2 Å². The van der Waals surface area contributed by atoms with Gasteiger partial charge in [-0.15, -0.1) is 0 Å². The lowest BCUT2D eigenvalue weighted by Crippen LogP contribution is -2.13. The number of aliphatic hydroxyl groups excluding tert-OH is 1. The molecule has 5 rings (SSSR count). The highest BCUT2D eigenvalue weighted by Gasteiger charge is 2.21. The van der Waals surface area contributed by atoms with Crippen molar-refractivity contribution < 1.29 is 5.11 Å². The lowest BCUT2D eigenvalue weighted by atomic mass is 10.1. The number of H-pyrrole nitrogens is 1. The number of nitrogens with zero attached hydrogens (tertiary/aromatic N) is 2. The number of para-hydroxylation sites is 1. The van der Waals surface area contributed by atoms with E-state index in [4.69, 9.17) is 0 Å². The van der Waals surface area contributed by atoms with Crippen LogP contribution in [0.3, 0.4) is 0 Å². The lowest BCUT2D eigenvalue weighted by Gasteiger charge is -2.20. The van der Waals surface area contributed by atoms with Crippen molar-refractivity contribution in [2.45, 2.75) is 19.4 Å². The lowest BCUT2D eigenvalue weighted by molar-refractivity contribution is 0.277. The summed E-state index contributed by atoms with van der Waals surface area (Å²) in [5, 5.41) is 14.2. The first-order valence-corrected chi connectivity index (χ1v) is 10.1. The van der Waals surface area contributed by atoms with Crippen LogP contribution in [0.15, 0.2) is 67.0 Å². The Kier molecular flexibility index (Phi) is 4.66. The number of aromatic nitrogens is 2. The SMILES string of the molecule is OCc1cc(N2CCc3cc(NCCc4c[nH]c5ccccc45)ccc32)ccn1. The first-order chi connectivity index (χ1) is 14.3. The van der Waals surface area contributed by atoms with E-state index >= 15 is 0 Å². The fourth-order valence-corrected chi connectivity index (χ4v) is 4.18. The number of fused-ring (bicyclic) bond motifs is 2. The smallest absolute Gasteiger partial charge is 0.0853 e. The number of anilines is 3. The molecule has 3 heterocycles. The Hall–Kier alpha value is -3.31. The van der Waals surface area contributed by atoms with Crippen LogP contribution in [0, 0.1) is 0 Å². The number of hydrogen-bond donors (Lipinski definition) is 3. The zero-order valence-corrected chi connectivity index (χ0v) is 16.2. The third-order valence-electron chi connectivity index (χ3n) is 5.65. The standard InChI is InChI=1S/C24H24N4O/c29-16-20-14-21(8-11-26-20)28-12-9-17-13-19(5-6-24(17)28)25-10-7-18-15-27-23-4-2-1-3-22(18)23/h1-6,8,11,13-15,25,27,29H,7,9-10,12,16H2. The Balaban J connectivity index is 1.27. The Morgan fingerprint density at radius 1 is 1.10 bits per heavy atom. The average molecular weight is 384 g/mol. The van der Waals surface area contributed by atoms with Crippen molar-refractivity contribution in [2.24, 2.45) is 0 Å². The van der Waals surface area contributed by atoms with Gasteiger partial charge in [0.05, 0.1) is 12.3 Å². The molecule has 1 aliphatic rings. The summed E-state index contributed by atoms with van der Waals surface area (Å²) in [5.74, 6) is 0. The number of aliphatic hydroxyl groups is 1. The summed E-state index contributed by atoms with van der Waals surface area (Å²) in [6, 6.07) is 19.0. The topological polar surface area (TPSA) is 64.2 Å². The summed E-state index contributed by atoms with van der Waals surface area (Å²) in [6.45, 7) is 1.81. The molecule has 3 N–H and O–H groups in total. The van der Waals surface area contributed by atoms with Crippen LogP contribution in [0.4, 0.5) is 17.1 Å². The third-order valence-corrected chi connectivity index (χ3v) is 5.65. The molecule has 0 bridgehead atoms. The minimum Gasteiger partial charge on any atom is -0.390 e. The molecule has 5 nitrogen and oxygen atoms in total. The van der Waals surface area contributed by atoms with Gasteiger partial charge in [0.2, 0.25) is 0 Å². The molecule has 2 aromatic carbocycles. The molecule has 0 amide bonds. The summed E-state index contributed by atoms with van der Waals surface area (Å²) in [5.41, 5.74) is 8.08. The van der Waals surface area contributed by atoms with E-state index in [0.717, 1.165) is 37.3 Å². The van der Waals surface area contributed by atoms with Gasteiger partial charge < -0.3 is 20.3 Å². The summed E-state index contributed by atoms with van der Waals surface area (Å²) in [6.07, 6.45) is 5.88. The molecular weight excluding hydrogens is 360 g/mol. The molecule has 0 fully saturated rings. The van der Waals surface area contributed by atoms with Gasteiger partial charge in [0.25, 0.3) is 0 Å². The van der Waals surface area contributed by atoms with Crippen molar-refractivity contribution in [3.8, 4) is 0 Å². The number of rotatable bonds is 6. The number of benzene rings is 2. The first kappa shape index (κ1) is 17.8. The van der Waals surface area contributed by atoms with Crippen LogP contribution in [-0.2, 0) is 19.4 Å². The molecule has 0 atom stereocenters. The molecule has 0 unspecified atom stereocenters. The maximum Gasteiger partial charge on any atom is 0.0853 e. The van der Waals surface area contributed by atoms with Gasteiger partial charge in [-0.3, -0.25) is 4.98 Å². The fraction of sp³-hybridized carbons (Fsp3) is 0.208. The zero-order chi connectivity index (χ0) is 19.6. The summed E-state index contributed by atoms with van der Waals surface area (Å²) in [7, 11) is 0. The van der Waals surface area contributed by atoms with Gasteiger partial charge in [0.1, 0.15) is 0 Å². The van der Waals surface area contributed by atoms with Crippen LogP contribution in [0.1, 0.15) is 16.8 Å². The normalized spacial score (nSPS) is 13.1. The van der Waals surface area contributed by atoms with Crippen LogP contribution < -0.4 is 10.2 Å². The Labute approximate surface area is 170 Å². The van der Waals surface area contributed by atoms with Crippen molar-refractivity contribution in [1.29, 1.82) is 0 Å². The van der Waals surface area contributed by atoms with Gasteiger partial charge in [0.15, 0.2) is 0 Å².